The molecule has 0 unspecified atom stereocenters. The van der Waals surface area contributed by atoms with Gasteiger partial charge in [-0.3, -0.25) is 0 Å². The van der Waals surface area contributed by atoms with Gasteiger partial charge in [-0.1, -0.05) is 12.2 Å². The van der Waals surface area contributed by atoms with Crippen LogP contribution in [0, 0.1) is 0 Å². The summed E-state index contributed by atoms with van der Waals surface area (Å²) in [4.78, 5) is 11.0. The second-order valence-electron chi connectivity index (χ2n) is 3.33. The van der Waals surface area contributed by atoms with Crippen LogP contribution in [0.25, 0.3) is 0 Å². The van der Waals surface area contributed by atoms with E-state index in [9.17, 15) is 4.79 Å². The number of esters is 1. The topological polar surface area (TPSA) is 44.8 Å². The molecule has 0 saturated carbocycles. The lowest BCUT2D eigenvalue weighted by Crippen LogP contribution is -2.09. The molecule has 0 N–H and O–H groups in total. The van der Waals surface area contributed by atoms with Crippen molar-refractivity contribution in [3.05, 3.63) is 24.8 Å². The summed E-state index contributed by atoms with van der Waals surface area (Å²) in [6, 6.07) is 0. The van der Waals surface area contributed by atoms with Crippen LogP contribution in [0.3, 0.4) is 0 Å². The summed E-state index contributed by atoms with van der Waals surface area (Å²) in [5, 5.41) is 0. The maximum atomic E-state index is 11.0. The van der Waals surface area contributed by atoms with E-state index in [0.717, 1.165) is 0 Å². The Bertz CT molecular complexity index is 221. The molecule has 92 valence electrons. The first-order valence-corrected chi connectivity index (χ1v) is 5.30. The van der Waals surface area contributed by atoms with Crippen molar-refractivity contribution >= 4 is 5.97 Å². The fourth-order valence-corrected chi connectivity index (χ4v) is 0.852. The molecular formula is C12H20O4. The summed E-state index contributed by atoms with van der Waals surface area (Å²) in [6.45, 7) is 9.06. The first-order chi connectivity index (χ1) is 7.66. The van der Waals surface area contributed by atoms with E-state index in [1.807, 2.05) is 0 Å². The van der Waals surface area contributed by atoms with E-state index in [-0.39, 0.29) is 12.1 Å². The summed E-state index contributed by atoms with van der Waals surface area (Å²) in [5.74, 6) is -0.346. The van der Waals surface area contributed by atoms with Gasteiger partial charge in [0.1, 0.15) is 0 Å². The third-order valence-corrected chi connectivity index (χ3v) is 1.43. The van der Waals surface area contributed by atoms with Crippen LogP contribution in [0.1, 0.15) is 13.8 Å². The zero-order valence-electron chi connectivity index (χ0n) is 9.98. The number of hydrogen-bond donors (Lipinski definition) is 0. The van der Waals surface area contributed by atoms with Crippen molar-refractivity contribution in [2.45, 2.75) is 20.0 Å². The van der Waals surface area contributed by atoms with Crippen molar-refractivity contribution in [3.63, 3.8) is 0 Å². The summed E-state index contributed by atoms with van der Waals surface area (Å²) in [7, 11) is 0. The Labute approximate surface area is 96.9 Å². The van der Waals surface area contributed by atoms with Gasteiger partial charge in [0, 0.05) is 6.08 Å². The van der Waals surface area contributed by atoms with Gasteiger partial charge in [0.05, 0.1) is 32.5 Å². The average Bonchev–Trinajstić information content (AvgIpc) is 2.21. The second-order valence-corrected chi connectivity index (χ2v) is 3.33. The Hall–Kier alpha value is -1.13. The van der Waals surface area contributed by atoms with Crippen LogP contribution in [-0.4, -0.2) is 38.5 Å². The summed E-state index contributed by atoms with van der Waals surface area (Å²) >= 11 is 0. The molecule has 0 spiro atoms. The first-order valence-electron chi connectivity index (χ1n) is 5.30. The zero-order valence-corrected chi connectivity index (χ0v) is 9.98. The van der Waals surface area contributed by atoms with E-state index in [4.69, 9.17) is 14.2 Å². The van der Waals surface area contributed by atoms with Crippen LogP contribution in [0.15, 0.2) is 24.8 Å². The molecule has 4 nitrogen and oxygen atoms in total. The van der Waals surface area contributed by atoms with Crippen LogP contribution >= 0.6 is 0 Å². The summed E-state index contributed by atoms with van der Waals surface area (Å²) < 4.78 is 15.2. The molecule has 0 atom stereocenters. The minimum absolute atomic E-state index is 0.0922. The fourth-order valence-electron chi connectivity index (χ4n) is 0.852. The molecule has 0 saturated heterocycles. The predicted octanol–water partition coefficient (Wildman–Crippen LogP) is 1.71. The lowest BCUT2D eigenvalue weighted by molar-refractivity contribution is -0.141. The van der Waals surface area contributed by atoms with E-state index < -0.39 is 0 Å². The number of carbonyl (C=O) groups is 1. The molecule has 0 aliphatic carbocycles. The highest BCUT2D eigenvalue weighted by Crippen LogP contribution is 1.90. The average molecular weight is 228 g/mol. The van der Waals surface area contributed by atoms with Crippen molar-refractivity contribution in [1.29, 1.82) is 0 Å². The van der Waals surface area contributed by atoms with E-state index in [0.29, 0.717) is 26.4 Å². The van der Waals surface area contributed by atoms with Gasteiger partial charge in [0.25, 0.3) is 0 Å². The molecule has 0 bridgehead atoms. The Balaban J connectivity index is 3.33. The van der Waals surface area contributed by atoms with Gasteiger partial charge in [0.15, 0.2) is 0 Å². The van der Waals surface area contributed by atoms with Gasteiger partial charge in [-0.25, -0.2) is 4.79 Å². The molecule has 0 aromatic heterocycles. The molecule has 0 amide bonds. The Morgan fingerprint density at radius 1 is 1.25 bits per heavy atom. The molecule has 0 aliphatic rings. The van der Waals surface area contributed by atoms with Crippen molar-refractivity contribution in [1.82, 2.24) is 0 Å². The third kappa shape index (κ3) is 10.9. The molecule has 16 heavy (non-hydrogen) atoms. The van der Waals surface area contributed by atoms with Crippen molar-refractivity contribution in [2.75, 3.05) is 26.4 Å². The predicted molar refractivity (Wildman–Crippen MR) is 62.2 cm³/mol. The largest absolute Gasteiger partial charge is 0.460 e. The smallest absolute Gasteiger partial charge is 0.330 e. The second kappa shape index (κ2) is 10.4. The van der Waals surface area contributed by atoms with Gasteiger partial charge in [-0.15, -0.1) is 6.58 Å². The van der Waals surface area contributed by atoms with E-state index in [1.165, 1.54) is 6.08 Å². The standard InChI is InChI=1S/C12H20O4/c1-4-7-14-9-10-15-8-5-6-12(13)16-11(2)3/h4-6,11H,1,7-10H2,2-3H3/b6-5+. The van der Waals surface area contributed by atoms with Gasteiger partial charge in [0.2, 0.25) is 0 Å². The molecule has 0 aromatic carbocycles. The minimum atomic E-state index is -0.346. The lowest BCUT2D eigenvalue weighted by atomic mass is 10.4. The van der Waals surface area contributed by atoms with E-state index in [2.05, 4.69) is 6.58 Å². The molecule has 0 radical (unpaired) electrons. The quantitative estimate of drug-likeness (QED) is 0.261. The molecule has 0 fully saturated rings. The number of ether oxygens (including phenoxy) is 3. The molecule has 0 heterocycles. The van der Waals surface area contributed by atoms with Crippen LogP contribution < -0.4 is 0 Å². The molecule has 0 rings (SSSR count). The van der Waals surface area contributed by atoms with Gasteiger partial charge >= 0.3 is 5.97 Å². The maximum Gasteiger partial charge on any atom is 0.330 e. The van der Waals surface area contributed by atoms with E-state index >= 15 is 0 Å². The highest BCUT2D eigenvalue weighted by molar-refractivity contribution is 5.81. The Kier molecular flexibility index (Phi) is 9.66. The molecule has 0 aromatic rings. The normalized spacial score (nSPS) is 10.9. The molecular weight excluding hydrogens is 208 g/mol. The van der Waals surface area contributed by atoms with Crippen molar-refractivity contribution in [2.24, 2.45) is 0 Å². The highest BCUT2D eigenvalue weighted by Gasteiger charge is 1.98. The van der Waals surface area contributed by atoms with Gasteiger partial charge in [-0.05, 0) is 13.8 Å². The Morgan fingerprint density at radius 3 is 2.44 bits per heavy atom. The van der Waals surface area contributed by atoms with Crippen LogP contribution in [-0.2, 0) is 19.0 Å². The van der Waals surface area contributed by atoms with Crippen LogP contribution in [0.4, 0.5) is 0 Å². The Morgan fingerprint density at radius 2 is 1.88 bits per heavy atom. The number of rotatable bonds is 9. The van der Waals surface area contributed by atoms with Crippen LogP contribution in [0.5, 0.6) is 0 Å². The van der Waals surface area contributed by atoms with Crippen molar-refractivity contribution < 1.29 is 19.0 Å². The third-order valence-electron chi connectivity index (χ3n) is 1.43. The zero-order chi connectivity index (χ0) is 12.2. The monoisotopic (exact) mass is 228 g/mol. The van der Waals surface area contributed by atoms with Gasteiger partial charge in [-0.2, -0.15) is 0 Å². The van der Waals surface area contributed by atoms with Crippen molar-refractivity contribution in [3.8, 4) is 0 Å². The fraction of sp³-hybridized carbons (Fsp3) is 0.583. The minimum Gasteiger partial charge on any atom is -0.460 e. The number of hydrogen-bond acceptors (Lipinski definition) is 4. The summed E-state index contributed by atoms with van der Waals surface area (Å²) in [5.41, 5.74) is 0. The highest BCUT2D eigenvalue weighted by atomic mass is 16.5. The molecule has 0 aliphatic heterocycles. The van der Waals surface area contributed by atoms with Crippen LogP contribution in [0.2, 0.25) is 0 Å². The SMILES string of the molecule is C=CCOCCOC/C=C/C(=O)OC(C)C. The lowest BCUT2D eigenvalue weighted by Gasteiger charge is -2.04. The molecule has 4 heteroatoms. The first kappa shape index (κ1) is 14.9. The van der Waals surface area contributed by atoms with E-state index in [1.54, 1.807) is 26.0 Å². The number of carbonyl (C=O) groups excluding carboxylic acids is 1. The summed E-state index contributed by atoms with van der Waals surface area (Å²) in [6.07, 6.45) is 4.58. The van der Waals surface area contributed by atoms with Gasteiger partial charge < -0.3 is 14.2 Å². The maximum absolute atomic E-state index is 11.0.